The summed E-state index contributed by atoms with van der Waals surface area (Å²) < 4.78 is 2.24. The Morgan fingerprint density at radius 3 is 1.62 bits per heavy atom. The predicted octanol–water partition coefficient (Wildman–Crippen LogP) is 13.0. The van der Waals surface area contributed by atoms with Gasteiger partial charge in [0.15, 0.2) is 5.82 Å². The molecule has 0 aliphatic rings. The SMILES string of the molecule is c1ccc(-c2cccc(-c3cc(-c4ccccc4)nc(-c4ccc(-c5ccc(-c6nc7ccccc7n6-c6ccccc6)cc5)c5ccccc45)n3)c2)cc1. The smallest absolute Gasteiger partial charge is 0.161 e. The molecule has 2 aromatic heterocycles. The monoisotopic (exact) mass is 702 g/mol. The number of nitrogens with zero attached hydrogens (tertiary/aromatic N) is 4. The molecule has 10 rings (SSSR count). The minimum Gasteiger partial charge on any atom is -0.292 e. The Balaban J connectivity index is 1.08. The van der Waals surface area contributed by atoms with Crippen molar-refractivity contribution in [2.24, 2.45) is 0 Å². The summed E-state index contributed by atoms with van der Waals surface area (Å²) in [4.78, 5) is 15.6. The highest BCUT2D eigenvalue weighted by molar-refractivity contribution is 6.04. The standard InChI is InChI=1S/C51H34N4/c1-4-15-35(16-5-1)39-19-14-20-40(33-39)48-34-47(37-17-6-2-7-18-37)52-50(53-48)45-32-31-42(43-23-10-11-24-44(43)45)36-27-29-38(30-28-36)51-54-46-25-12-13-26-49(46)55(51)41-21-8-3-9-22-41/h1-34H. The zero-order valence-electron chi connectivity index (χ0n) is 29.9. The van der Waals surface area contributed by atoms with Crippen LogP contribution in [0.4, 0.5) is 0 Å². The summed E-state index contributed by atoms with van der Waals surface area (Å²) in [6, 6.07) is 72.0. The highest BCUT2D eigenvalue weighted by Crippen LogP contribution is 2.38. The van der Waals surface area contributed by atoms with Gasteiger partial charge in [-0.2, -0.15) is 0 Å². The van der Waals surface area contributed by atoms with Crippen LogP contribution in [0.5, 0.6) is 0 Å². The third kappa shape index (κ3) is 6.06. The second-order valence-electron chi connectivity index (χ2n) is 13.7. The number of aromatic nitrogens is 4. The van der Waals surface area contributed by atoms with E-state index < -0.39 is 0 Å². The van der Waals surface area contributed by atoms with E-state index in [1.807, 2.05) is 24.3 Å². The highest BCUT2D eigenvalue weighted by Gasteiger charge is 2.17. The first-order valence-corrected chi connectivity index (χ1v) is 18.5. The lowest BCUT2D eigenvalue weighted by molar-refractivity contribution is 1.10. The Hall–Kier alpha value is -7.43. The molecular weight excluding hydrogens is 669 g/mol. The molecule has 0 aliphatic carbocycles. The summed E-state index contributed by atoms with van der Waals surface area (Å²) in [5, 5.41) is 2.25. The van der Waals surface area contributed by atoms with Crippen molar-refractivity contribution in [1.82, 2.24) is 19.5 Å². The van der Waals surface area contributed by atoms with Gasteiger partial charge in [0.1, 0.15) is 5.82 Å². The second kappa shape index (κ2) is 13.8. The van der Waals surface area contributed by atoms with Gasteiger partial charge < -0.3 is 0 Å². The maximum Gasteiger partial charge on any atom is 0.161 e. The van der Waals surface area contributed by atoms with E-state index in [4.69, 9.17) is 15.0 Å². The molecule has 0 radical (unpaired) electrons. The van der Waals surface area contributed by atoms with E-state index in [2.05, 4.69) is 187 Å². The Kier molecular flexibility index (Phi) is 8.12. The minimum atomic E-state index is 0.694. The number of fused-ring (bicyclic) bond motifs is 2. The highest BCUT2D eigenvalue weighted by atomic mass is 15.1. The van der Waals surface area contributed by atoms with Gasteiger partial charge in [0.25, 0.3) is 0 Å². The number of hydrogen-bond donors (Lipinski definition) is 0. The first-order valence-electron chi connectivity index (χ1n) is 18.5. The topological polar surface area (TPSA) is 43.6 Å². The molecule has 0 N–H and O–H groups in total. The van der Waals surface area contributed by atoms with Crippen LogP contribution in [-0.2, 0) is 0 Å². The minimum absolute atomic E-state index is 0.694. The Labute approximate surface area is 319 Å². The van der Waals surface area contributed by atoms with Gasteiger partial charge in [0.05, 0.1) is 22.4 Å². The average molecular weight is 703 g/mol. The summed E-state index contributed by atoms with van der Waals surface area (Å²) in [7, 11) is 0. The Morgan fingerprint density at radius 2 is 0.873 bits per heavy atom. The van der Waals surface area contributed by atoms with Crippen LogP contribution in [0.25, 0.3) is 95.0 Å². The van der Waals surface area contributed by atoms with Gasteiger partial charge in [-0.05, 0) is 75.5 Å². The largest absolute Gasteiger partial charge is 0.292 e. The number of para-hydroxylation sites is 3. The molecule has 0 amide bonds. The first kappa shape index (κ1) is 32.2. The molecule has 8 aromatic carbocycles. The van der Waals surface area contributed by atoms with E-state index in [1.165, 1.54) is 5.56 Å². The predicted molar refractivity (Wildman–Crippen MR) is 227 cm³/mol. The van der Waals surface area contributed by atoms with Gasteiger partial charge in [-0.25, -0.2) is 15.0 Å². The van der Waals surface area contributed by atoms with E-state index in [-0.39, 0.29) is 0 Å². The van der Waals surface area contributed by atoms with Gasteiger partial charge in [-0.15, -0.1) is 0 Å². The molecule has 0 bridgehead atoms. The average Bonchev–Trinajstić information content (AvgIpc) is 3.67. The summed E-state index contributed by atoms with van der Waals surface area (Å²) in [6.45, 7) is 0. The van der Waals surface area contributed by atoms with Gasteiger partial charge in [0, 0.05) is 27.9 Å². The lowest BCUT2D eigenvalue weighted by Crippen LogP contribution is -1.98. The Morgan fingerprint density at radius 1 is 0.327 bits per heavy atom. The van der Waals surface area contributed by atoms with Crippen LogP contribution in [0.1, 0.15) is 0 Å². The maximum absolute atomic E-state index is 5.26. The first-order chi connectivity index (χ1) is 27.3. The van der Waals surface area contributed by atoms with Crippen LogP contribution in [0.15, 0.2) is 206 Å². The van der Waals surface area contributed by atoms with Crippen molar-refractivity contribution in [2.45, 2.75) is 0 Å². The molecule has 0 spiro atoms. The molecule has 0 unspecified atom stereocenters. The van der Waals surface area contributed by atoms with Crippen LogP contribution in [-0.4, -0.2) is 19.5 Å². The molecule has 2 heterocycles. The number of benzene rings is 8. The molecular formula is C51H34N4. The van der Waals surface area contributed by atoms with Crippen LogP contribution in [0.2, 0.25) is 0 Å². The van der Waals surface area contributed by atoms with Crippen molar-refractivity contribution < 1.29 is 0 Å². The zero-order valence-corrected chi connectivity index (χ0v) is 29.9. The summed E-state index contributed by atoms with van der Waals surface area (Å²) in [5.74, 6) is 1.61. The molecule has 55 heavy (non-hydrogen) atoms. The third-order valence-electron chi connectivity index (χ3n) is 10.3. The van der Waals surface area contributed by atoms with Gasteiger partial charge in [-0.3, -0.25) is 4.57 Å². The van der Waals surface area contributed by atoms with Gasteiger partial charge in [0.2, 0.25) is 0 Å². The fraction of sp³-hybridized carbons (Fsp3) is 0. The van der Waals surface area contributed by atoms with Crippen molar-refractivity contribution in [3.8, 4) is 73.2 Å². The van der Waals surface area contributed by atoms with E-state index in [0.29, 0.717) is 5.82 Å². The molecule has 10 aromatic rings. The molecule has 4 heteroatoms. The van der Waals surface area contributed by atoms with E-state index in [0.717, 1.165) is 83.6 Å². The summed E-state index contributed by atoms with van der Waals surface area (Å²) in [6.07, 6.45) is 0. The number of rotatable bonds is 7. The lowest BCUT2D eigenvalue weighted by atomic mass is 9.94. The van der Waals surface area contributed by atoms with E-state index >= 15 is 0 Å². The quantitative estimate of drug-likeness (QED) is 0.166. The zero-order chi connectivity index (χ0) is 36.6. The maximum atomic E-state index is 5.26. The van der Waals surface area contributed by atoms with Crippen molar-refractivity contribution in [3.63, 3.8) is 0 Å². The number of imidazole rings is 1. The second-order valence-corrected chi connectivity index (χ2v) is 13.7. The van der Waals surface area contributed by atoms with Crippen molar-refractivity contribution in [2.75, 3.05) is 0 Å². The summed E-state index contributed by atoms with van der Waals surface area (Å²) >= 11 is 0. The lowest BCUT2D eigenvalue weighted by Gasteiger charge is -2.14. The summed E-state index contributed by atoms with van der Waals surface area (Å²) in [5.41, 5.74) is 13.7. The van der Waals surface area contributed by atoms with Crippen molar-refractivity contribution in [3.05, 3.63) is 206 Å². The molecule has 258 valence electrons. The molecule has 0 saturated carbocycles. The van der Waals surface area contributed by atoms with Crippen LogP contribution < -0.4 is 0 Å². The molecule has 4 nitrogen and oxygen atoms in total. The number of hydrogen-bond acceptors (Lipinski definition) is 3. The van der Waals surface area contributed by atoms with Gasteiger partial charge in [-0.1, -0.05) is 164 Å². The van der Waals surface area contributed by atoms with E-state index in [9.17, 15) is 0 Å². The molecule has 0 aliphatic heterocycles. The molecule has 0 atom stereocenters. The van der Waals surface area contributed by atoms with Crippen molar-refractivity contribution >= 4 is 21.8 Å². The van der Waals surface area contributed by atoms with Crippen LogP contribution >= 0.6 is 0 Å². The van der Waals surface area contributed by atoms with Gasteiger partial charge >= 0.3 is 0 Å². The van der Waals surface area contributed by atoms with Crippen LogP contribution in [0, 0.1) is 0 Å². The van der Waals surface area contributed by atoms with Crippen molar-refractivity contribution in [1.29, 1.82) is 0 Å². The fourth-order valence-electron chi connectivity index (χ4n) is 7.56. The van der Waals surface area contributed by atoms with E-state index in [1.54, 1.807) is 0 Å². The fourth-order valence-corrected chi connectivity index (χ4v) is 7.56. The normalized spacial score (nSPS) is 11.3. The van der Waals surface area contributed by atoms with Crippen LogP contribution in [0.3, 0.4) is 0 Å². The Bertz CT molecular complexity index is 2950. The molecule has 0 fully saturated rings. The molecule has 0 saturated heterocycles. The third-order valence-corrected chi connectivity index (χ3v) is 10.3.